The molecule has 0 bridgehead atoms. The maximum Gasteiger partial charge on any atom is 0.286 e. The van der Waals surface area contributed by atoms with Crippen molar-refractivity contribution in [3.63, 3.8) is 0 Å². The van der Waals surface area contributed by atoms with Crippen LogP contribution in [-0.2, 0) is 16.1 Å². The number of furan rings is 1. The molecule has 7 heteroatoms. The molecule has 1 saturated carbocycles. The van der Waals surface area contributed by atoms with Crippen LogP contribution in [0.25, 0.3) is 0 Å². The summed E-state index contributed by atoms with van der Waals surface area (Å²) in [6, 6.07) is 3.28. The summed E-state index contributed by atoms with van der Waals surface area (Å²) in [7, 11) is 1.54. The third-order valence-electron chi connectivity index (χ3n) is 5.43. The second-order valence-electron chi connectivity index (χ2n) is 7.14. The molecule has 26 heavy (non-hydrogen) atoms. The molecule has 0 spiro atoms. The summed E-state index contributed by atoms with van der Waals surface area (Å²) >= 11 is 0. The zero-order valence-electron chi connectivity index (χ0n) is 15.3. The second-order valence-corrected chi connectivity index (χ2v) is 7.14. The fourth-order valence-electron chi connectivity index (χ4n) is 3.83. The average molecular weight is 361 g/mol. The maximum absolute atomic E-state index is 12.5. The van der Waals surface area contributed by atoms with Crippen LogP contribution in [0.1, 0.15) is 54.8 Å². The van der Waals surface area contributed by atoms with E-state index in [2.05, 4.69) is 10.6 Å². The van der Waals surface area contributed by atoms with Crippen molar-refractivity contribution in [1.29, 1.82) is 0 Å². The van der Waals surface area contributed by atoms with Crippen molar-refractivity contribution in [2.45, 2.75) is 45.1 Å². The summed E-state index contributed by atoms with van der Waals surface area (Å²) in [4.78, 5) is 38.2. The number of rotatable bonds is 5. The highest BCUT2D eigenvalue weighted by Gasteiger charge is 2.31. The zero-order valence-corrected chi connectivity index (χ0v) is 15.3. The molecule has 1 aromatic heterocycles. The van der Waals surface area contributed by atoms with Gasteiger partial charge < -0.3 is 20.0 Å². The molecule has 1 aliphatic heterocycles. The Hall–Kier alpha value is -2.31. The first kappa shape index (κ1) is 18.5. The Balaban J connectivity index is 1.43. The Morgan fingerprint density at radius 1 is 1.08 bits per heavy atom. The van der Waals surface area contributed by atoms with E-state index >= 15 is 0 Å². The standard InChI is InChI=1S/C19H27N3O4/c1-20-18(24)16-7-6-15(26-16)12-21-17(23)13-8-10-22(11-9-13)19(25)14-4-2-3-5-14/h6-7,13-14H,2-5,8-12H2,1H3,(H,20,24)(H,21,23). The highest BCUT2D eigenvalue weighted by Crippen LogP contribution is 2.28. The van der Waals surface area contributed by atoms with Crippen LogP contribution < -0.4 is 10.6 Å². The lowest BCUT2D eigenvalue weighted by Crippen LogP contribution is -2.44. The molecule has 7 nitrogen and oxygen atoms in total. The van der Waals surface area contributed by atoms with E-state index in [0.29, 0.717) is 31.7 Å². The van der Waals surface area contributed by atoms with Gasteiger partial charge in [0.05, 0.1) is 6.54 Å². The molecule has 0 unspecified atom stereocenters. The Morgan fingerprint density at radius 3 is 2.42 bits per heavy atom. The number of hydrogen-bond donors (Lipinski definition) is 2. The largest absolute Gasteiger partial charge is 0.454 e. The second kappa shape index (κ2) is 8.38. The first-order chi connectivity index (χ1) is 12.6. The summed E-state index contributed by atoms with van der Waals surface area (Å²) in [6.07, 6.45) is 5.74. The first-order valence-electron chi connectivity index (χ1n) is 9.45. The molecule has 0 radical (unpaired) electrons. The third-order valence-corrected chi connectivity index (χ3v) is 5.43. The average Bonchev–Trinajstić information content (AvgIpc) is 3.37. The lowest BCUT2D eigenvalue weighted by molar-refractivity contribution is -0.139. The molecule has 2 aliphatic rings. The zero-order chi connectivity index (χ0) is 18.5. The molecule has 2 N–H and O–H groups in total. The van der Waals surface area contributed by atoms with E-state index in [-0.39, 0.29) is 41.9 Å². The van der Waals surface area contributed by atoms with Crippen LogP contribution in [0.5, 0.6) is 0 Å². The highest BCUT2D eigenvalue weighted by atomic mass is 16.4. The van der Waals surface area contributed by atoms with Gasteiger partial charge in [0.25, 0.3) is 5.91 Å². The molecular weight excluding hydrogens is 334 g/mol. The molecular formula is C19H27N3O4. The van der Waals surface area contributed by atoms with Crippen molar-refractivity contribution in [2.24, 2.45) is 11.8 Å². The molecule has 142 valence electrons. The molecule has 2 heterocycles. The van der Waals surface area contributed by atoms with Crippen molar-refractivity contribution in [3.8, 4) is 0 Å². The fraction of sp³-hybridized carbons (Fsp3) is 0.632. The predicted molar refractivity (Wildman–Crippen MR) is 95.2 cm³/mol. The number of carbonyl (C=O) groups excluding carboxylic acids is 3. The van der Waals surface area contributed by atoms with Crippen molar-refractivity contribution in [3.05, 3.63) is 23.7 Å². The molecule has 1 saturated heterocycles. The first-order valence-corrected chi connectivity index (χ1v) is 9.45. The number of piperidine rings is 1. The van der Waals surface area contributed by atoms with Gasteiger partial charge in [-0.1, -0.05) is 12.8 Å². The van der Waals surface area contributed by atoms with Gasteiger partial charge in [-0.3, -0.25) is 14.4 Å². The lowest BCUT2D eigenvalue weighted by atomic mass is 9.94. The van der Waals surface area contributed by atoms with Gasteiger partial charge in [0.2, 0.25) is 11.8 Å². The third kappa shape index (κ3) is 4.26. The van der Waals surface area contributed by atoms with Crippen LogP contribution in [0.2, 0.25) is 0 Å². The fourth-order valence-corrected chi connectivity index (χ4v) is 3.83. The molecule has 2 fully saturated rings. The van der Waals surface area contributed by atoms with Crippen molar-refractivity contribution in [1.82, 2.24) is 15.5 Å². The van der Waals surface area contributed by atoms with E-state index in [1.165, 1.54) is 7.05 Å². The Bertz CT molecular complexity index is 655. The van der Waals surface area contributed by atoms with E-state index in [4.69, 9.17) is 4.42 Å². The Kier molecular flexibility index (Phi) is 5.96. The van der Waals surface area contributed by atoms with Gasteiger partial charge in [-0.25, -0.2) is 0 Å². The van der Waals surface area contributed by atoms with Gasteiger partial charge in [-0.2, -0.15) is 0 Å². The van der Waals surface area contributed by atoms with Gasteiger partial charge in [-0.05, 0) is 37.8 Å². The van der Waals surface area contributed by atoms with Gasteiger partial charge in [0.15, 0.2) is 5.76 Å². The molecule has 3 rings (SSSR count). The SMILES string of the molecule is CNC(=O)c1ccc(CNC(=O)C2CCN(C(=O)C3CCCC3)CC2)o1. The Morgan fingerprint density at radius 2 is 1.77 bits per heavy atom. The molecule has 3 amide bonds. The molecule has 1 aliphatic carbocycles. The van der Waals surface area contributed by atoms with Gasteiger partial charge in [0.1, 0.15) is 5.76 Å². The van der Waals surface area contributed by atoms with E-state index in [0.717, 1.165) is 25.7 Å². The van der Waals surface area contributed by atoms with E-state index in [1.54, 1.807) is 12.1 Å². The molecule has 0 atom stereocenters. The van der Waals surface area contributed by atoms with Crippen molar-refractivity contribution >= 4 is 17.7 Å². The number of hydrogen-bond acceptors (Lipinski definition) is 4. The van der Waals surface area contributed by atoms with Crippen molar-refractivity contribution in [2.75, 3.05) is 20.1 Å². The Labute approximate surface area is 153 Å². The van der Waals surface area contributed by atoms with Gasteiger partial charge in [0, 0.05) is 32.0 Å². The van der Waals surface area contributed by atoms with Crippen LogP contribution in [0.3, 0.4) is 0 Å². The summed E-state index contributed by atoms with van der Waals surface area (Å²) in [5.74, 6) is 0.877. The number of amides is 3. The summed E-state index contributed by atoms with van der Waals surface area (Å²) in [5.41, 5.74) is 0. The van der Waals surface area contributed by atoms with Crippen molar-refractivity contribution < 1.29 is 18.8 Å². The quantitative estimate of drug-likeness (QED) is 0.835. The normalized spacial score (nSPS) is 18.7. The molecule has 0 aromatic carbocycles. The van der Waals surface area contributed by atoms with E-state index in [1.807, 2.05) is 4.90 Å². The maximum atomic E-state index is 12.5. The van der Waals surface area contributed by atoms with Gasteiger partial charge >= 0.3 is 0 Å². The van der Waals surface area contributed by atoms with Crippen LogP contribution >= 0.6 is 0 Å². The summed E-state index contributed by atoms with van der Waals surface area (Å²) in [5, 5.41) is 5.36. The number of carbonyl (C=O) groups is 3. The number of nitrogens with zero attached hydrogens (tertiary/aromatic N) is 1. The lowest BCUT2D eigenvalue weighted by Gasteiger charge is -2.33. The van der Waals surface area contributed by atoms with E-state index in [9.17, 15) is 14.4 Å². The van der Waals surface area contributed by atoms with Crippen LogP contribution in [0, 0.1) is 11.8 Å². The van der Waals surface area contributed by atoms with Crippen LogP contribution in [0.15, 0.2) is 16.5 Å². The van der Waals surface area contributed by atoms with Gasteiger partial charge in [-0.15, -0.1) is 0 Å². The topological polar surface area (TPSA) is 91.7 Å². The minimum Gasteiger partial charge on any atom is -0.454 e. The summed E-state index contributed by atoms with van der Waals surface area (Å²) < 4.78 is 5.40. The highest BCUT2D eigenvalue weighted by molar-refractivity contribution is 5.91. The minimum absolute atomic E-state index is 0.0177. The smallest absolute Gasteiger partial charge is 0.286 e. The summed E-state index contributed by atoms with van der Waals surface area (Å²) in [6.45, 7) is 1.58. The van der Waals surface area contributed by atoms with Crippen LogP contribution in [0.4, 0.5) is 0 Å². The van der Waals surface area contributed by atoms with E-state index < -0.39 is 0 Å². The number of likely N-dealkylation sites (tertiary alicyclic amines) is 1. The predicted octanol–water partition coefficient (Wildman–Crippen LogP) is 1.68. The number of nitrogens with one attached hydrogen (secondary N) is 2. The van der Waals surface area contributed by atoms with Crippen LogP contribution in [-0.4, -0.2) is 42.8 Å². The minimum atomic E-state index is -0.290. The monoisotopic (exact) mass is 361 g/mol. The molecule has 1 aromatic rings.